The van der Waals surface area contributed by atoms with Crippen molar-refractivity contribution in [2.24, 2.45) is 0 Å². The molecule has 82 valence electrons. The fourth-order valence-electron chi connectivity index (χ4n) is 1.15. The van der Waals surface area contributed by atoms with Gasteiger partial charge in [-0.2, -0.15) is 0 Å². The molecule has 0 bridgehead atoms. The number of carbonyl (C=O) groups is 1. The van der Waals surface area contributed by atoms with Crippen molar-refractivity contribution in [1.82, 2.24) is 0 Å². The number of hydrogen-bond acceptors (Lipinski definition) is 2. The Balaban J connectivity index is 2.76. The highest BCUT2D eigenvalue weighted by molar-refractivity contribution is 5.72. The summed E-state index contributed by atoms with van der Waals surface area (Å²) >= 11 is 0. The Labute approximate surface area is 86.9 Å². The van der Waals surface area contributed by atoms with E-state index in [1.807, 2.05) is 0 Å². The molecular weight excluding hydrogens is 202 g/mol. The molecule has 0 N–H and O–H groups in total. The van der Waals surface area contributed by atoms with E-state index in [-0.39, 0.29) is 18.1 Å². The van der Waals surface area contributed by atoms with Crippen molar-refractivity contribution in [1.29, 1.82) is 0 Å². The molecule has 0 aromatic heterocycles. The Kier molecular flexibility index (Phi) is 3.77. The van der Waals surface area contributed by atoms with Gasteiger partial charge in [0.15, 0.2) is 0 Å². The van der Waals surface area contributed by atoms with E-state index in [0.29, 0.717) is 0 Å². The van der Waals surface area contributed by atoms with Crippen molar-refractivity contribution >= 4 is 5.97 Å². The highest BCUT2D eigenvalue weighted by Gasteiger charge is 2.14. The minimum Gasteiger partial charge on any atom is -0.463 e. The lowest BCUT2D eigenvalue weighted by atomic mass is 10.1. The standard InChI is InChI=1S/C11H12F2O2/c1-7(2)15-11(14)6-8-9(12)4-3-5-10(8)13/h3-5,7H,6H2,1-2H3. The van der Waals surface area contributed by atoms with E-state index in [2.05, 4.69) is 0 Å². The second kappa shape index (κ2) is 4.87. The summed E-state index contributed by atoms with van der Waals surface area (Å²) in [6.45, 7) is 3.35. The Morgan fingerprint density at radius 2 is 1.87 bits per heavy atom. The normalized spacial score (nSPS) is 10.5. The van der Waals surface area contributed by atoms with Crippen molar-refractivity contribution < 1.29 is 18.3 Å². The number of carbonyl (C=O) groups excluding carboxylic acids is 1. The average Bonchev–Trinajstić information content (AvgIpc) is 2.10. The maximum absolute atomic E-state index is 13.1. The van der Waals surface area contributed by atoms with Gasteiger partial charge in [0.25, 0.3) is 0 Å². The Bertz CT molecular complexity index is 341. The van der Waals surface area contributed by atoms with Gasteiger partial charge in [-0.1, -0.05) is 6.07 Å². The summed E-state index contributed by atoms with van der Waals surface area (Å²) in [7, 11) is 0. The zero-order valence-electron chi connectivity index (χ0n) is 8.59. The number of hydrogen-bond donors (Lipinski definition) is 0. The Morgan fingerprint density at radius 1 is 1.33 bits per heavy atom. The summed E-state index contributed by atoms with van der Waals surface area (Å²) < 4.78 is 31.0. The lowest BCUT2D eigenvalue weighted by molar-refractivity contribution is -0.146. The van der Waals surface area contributed by atoms with E-state index in [1.165, 1.54) is 6.07 Å². The van der Waals surface area contributed by atoms with Crippen molar-refractivity contribution in [3.05, 3.63) is 35.4 Å². The van der Waals surface area contributed by atoms with Crippen molar-refractivity contribution in [2.75, 3.05) is 0 Å². The predicted molar refractivity (Wildman–Crippen MR) is 51.3 cm³/mol. The number of rotatable bonds is 3. The van der Waals surface area contributed by atoms with E-state index < -0.39 is 17.6 Å². The first-order valence-electron chi connectivity index (χ1n) is 4.63. The highest BCUT2D eigenvalue weighted by atomic mass is 19.1. The molecule has 4 heteroatoms. The minimum absolute atomic E-state index is 0.247. The van der Waals surface area contributed by atoms with Gasteiger partial charge < -0.3 is 4.74 Å². The quantitative estimate of drug-likeness (QED) is 0.722. The molecule has 0 radical (unpaired) electrons. The molecule has 1 aromatic rings. The first-order valence-corrected chi connectivity index (χ1v) is 4.63. The van der Waals surface area contributed by atoms with Crippen LogP contribution in [0.1, 0.15) is 19.4 Å². The summed E-state index contributed by atoms with van der Waals surface area (Å²) in [5.41, 5.74) is -0.247. The summed E-state index contributed by atoms with van der Waals surface area (Å²) in [6, 6.07) is 3.48. The van der Waals surface area contributed by atoms with Crippen LogP contribution in [-0.4, -0.2) is 12.1 Å². The molecule has 0 aliphatic carbocycles. The zero-order valence-corrected chi connectivity index (χ0v) is 8.59. The second-order valence-electron chi connectivity index (χ2n) is 3.42. The van der Waals surface area contributed by atoms with Crippen LogP contribution in [0.15, 0.2) is 18.2 Å². The number of benzene rings is 1. The third-order valence-electron chi connectivity index (χ3n) is 1.75. The molecule has 0 heterocycles. The zero-order chi connectivity index (χ0) is 11.4. The van der Waals surface area contributed by atoms with Crippen LogP contribution in [0.4, 0.5) is 8.78 Å². The SMILES string of the molecule is CC(C)OC(=O)Cc1c(F)cccc1F. The molecule has 0 aliphatic heterocycles. The summed E-state index contributed by atoms with van der Waals surface area (Å²) in [6.07, 6.45) is -0.663. The van der Waals surface area contributed by atoms with Gasteiger partial charge >= 0.3 is 5.97 Å². The van der Waals surface area contributed by atoms with Gasteiger partial charge in [-0.3, -0.25) is 4.79 Å². The van der Waals surface area contributed by atoms with Crippen LogP contribution in [0.2, 0.25) is 0 Å². The smallest absolute Gasteiger partial charge is 0.310 e. The largest absolute Gasteiger partial charge is 0.463 e. The number of esters is 1. The van der Waals surface area contributed by atoms with E-state index in [1.54, 1.807) is 13.8 Å². The topological polar surface area (TPSA) is 26.3 Å². The Morgan fingerprint density at radius 3 is 2.33 bits per heavy atom. The van der Waals surface area contributed by atoms with E-state index >= 15 is 0 Å². The van der Waals surface area contributed by atoms with Gasteiger partial charge in [0.05, 0.1) is 12.5 Å². The second-order valence-corrected chi connectivity index (χ2v) is 3.42. The molecule has 0 aliphatic rings. The molecule has 0 amide bonds. The maximum atomic E-state index is 13.1. The number of halogens is 2. The van der Waals surface area contributed by atoms with Crippen LogP contribution >= 0.6 is 0 Å². The van der Waals surface area contributed by atoms with Gasteiger partial charge in [-0.05, 0) is 26.0 Å². The fraction of sp³-hybridized carbons (Fsp3) is 0.364. The molecular formula is C11H12F2O2. The maximum Gasteiger partial charge on any atom is 0.310 e. The highest BCUT2D eigenvalue weighted by Crippen LogP contribution is 2.13. The van der Waals surface area contributed by atoms with Gasteiger partial charge in [0.1, 0.15) is 11.6 Å². The van der Waals surface area contributed by atoms with E-state index in [0.717, 1.165) is 12.1 Å². The van der Waals surface area contributed by atoms with Crippen molar-refractivity contribution in [2.45, 2.75) is 26.4 Å². The average molecular weight is 214 g/mol. The van der Waals surface area contributed by atoms with Gasteiger partial charge in [-0.15, -0.1) is 0 Å². The van der Waals surface area contributed by atoms with Crippen molar-refractivity contribution in [3.63, 3.8) is 0 Å². The lowest BCUT2D eigenvalue weighted by Crippen LogP contribution is -2.15. The third-order valence-corrected chi connectivity index (χ3v) is 1.75. The predicted octanol–water partition coefficient (Wildman–Crippen LogP) is 2.46. The molecule has 15 heavy (non-hydrogen) atoms. The monoisotopic (exact) mass is 214 g/mol. The molecule has 0 unspecified atom stereocenters. The molecule has 0 saturated heterocycles. The number of ether oxygens (including phenoxy) is 1. The third kappa shape index (κ3) is 3.31. The first-order chi connectivity index (χ1) is 7.00. The van der Waals surface area contributed by atoms with E-state index in [4.69, 9.17) is 4.74 Å². The van der Waals surface area contributed by atoms with Crippen LogP contribution in [0.3, 0.4) is 0 Å². The molecule has 0 saturated carbocycles. The molecule has 1 aromatic carbocycles. The lowest BCUT2D eigenvalue weighted by Gasteiger charge is -2.08. The van der Waals surface area contributed by atoms with Crippen LogP contribution < -0.4 is 0 Å². The molecule has 1 rings (SSSR count). The van der Waals surface area contributed by atoms with Crippen LogP contribution in [0, 0.1) is 11.6 Å². The van der Waals surface area contributed by atoms with Crippen LogP contribution in [0.5, 0.6) is 0 Å². The van der Waals surface area contributed by atoms with Gasteiger partial charge in [-0.25, -0.2) is 8.78 Å². The van der Waals surface area contributed by atoms with Crippen LogP contribution in [-0.2, 0) is 16.0 Å². The summed E-state index contributed by atoms with van der Waals surface area (Å²) in [4.78, 5) is 11.2. The molecule has 0 fully saturated rings. The molecule has 0 spiro atoms. The summed E-state index contributed by atoms with van der Waals surface area (Å²) in [5.74, 6) is -2.08. The van der Waals surface area contributed by atoms with Gasteiger partial charge in [0.2, 0.25) is 0 Å². The molecule has 0 atom stereocenters. The van der Waals surface area contributed by atoms with Crippen molar-refractivity contribution in [3.8, 4) is 0 Å². The van der Waals surface area contributed by atoms with E-state index in [9.17, 15) is 13.6 Å². The summed E-state index contributed by atoms with van der Waals surface area (Å²) in [5, 5.41) is 0. The fourth-order valence-corrected chi connectivity index (χ4v) is 1.15. The molecule has 2 nitrogen and oxygen atoms in total. The Hall–Kier alpha value is -1.45. The minimum atomic E-state index is -0.726. The first kappa shape index (κ1) is 11.6. The van der Waals surface area contributed by atoms with Crippen LogP contribution in [0.25, 0.3) is 0 Å². The van der Waals surface area contributed by atoms with Gasteiger partial charge in [0, 0.05) is 5.56 Å².